The van der Waals surface area contributed by atoms with Gasteiger partial charge in [-0.25, -0.2) is 4.39 Å². The summed E-state index contributed by atoms with van der Waals surface area (Å²) in [4.78, 5) is 18.2. The number of nitrogens with zero attached hydrogens (tertiary/aromatic N) is 5. The number of halogens is 4. The summed E-state index contributed by atoms with van der Waals surface area (Å²) < 4.78 is 61.5. The van der Waals surface area contributed by atoms with Crippen LogP contribution in [0.1, 0.15) is 18.7 Å². The first-order valence-electron chi connectivity index (χ1n) is 11.9. The molecule has 2 N–H and O–H groups in total. The average Bonchev–Trinajstić information content (AvgIpc) is 3.35. The average molecular weight is 520 g/mol. The van der Waals surface area contributed by atoms with Crippen molar-refractivity contribution in [3.8, 4) is 17.6 Å². The molecule has 1 saturated carbocycles. The number of nitriles is 1. The number of benzene rings is 1. The summed E-state index contributed by atoms with van der Waals surface area (Å²) >= 11 is 0. The Morgan fingerprint density at radius 1 is 1.35 bits per heavy atom. The summed E-state index contributed by atoms with van der Waals surface area (Å²) in [6.45, 7) is -0.420. The van der Waals surface area contributed by atoms with Gasteiger partial charge in [-0.15, -0.1) is 0 Å². The number of carbonyl (C=O) groups excluding carboxylic acids is 1. The maximum absolute atomic E-state index is 14.6. The van der Waals surface area contributed by atoms with Crippen LogP contribution in [-0.4, -0.2) is 64.0 Å². The third-order valence-electron chi connectivity index (χ3n) is 6.77. The number of nitrogens with one attached hydrogen (secondary N) is 2. The van der Waals surface area contributed by atoms with Gasteiger partial charge >= 0.3 is 6.18 Å². The third kappa shape index (κ3) is 5.39. The number of aromatic nitrogens is 3. The van der Waals surface area contributed by atoms with E-state index in [0.29, 0.717) is 30.5 Å². The Hall–Kier alpha value is -3.66. The number of likely N-dealkylation sites (tertiary alicyclic amines) is 1. The van der Waals surface area contributed by atoms with Gasteiger partial charge in [-0.2, -0.15) is 23.4 Å². The Morgan fingerprint density at radius 3 is 2.86 bits per heavy atom. The van der Waals surface area contributed by atoms with Crippen molar-refractivity contribution in [1.82, 2.24) is 24.9 Å². The summed E-state index contributed by atoms with van der Waals surface area (Å²) in [5.41, 5.74) is 0.885. The summed E-state index contributed by atoms with van der Waals surface area (Å²) in [5, 5.41) is 19.0. The molecule has 0 unspecified atom stereocenters. The van der Waals surface area contributed by atoms with Crippen LogP contribution in [0.2, 0.25) is 0 Å². The van der Waals surface area contributed by atoms with Crippen LogP contribution in [-0.2, 0) is 17.9 Å². The largest absolute Gasteiger partial charge is 0.406 e. The third-order valence-corrected chi connectivity index (χ3v) is 6.77. The molecule has 196 valence electrons. The number of carbonyl (C=O) groups is 1. The predicted octanol–water partition coefficient (Wildman–Crippen LogP) is 3.48. The van der Waals surface area contributed by atoms with Gasteiger partial charge in [0.2, 0.25) is 17.6 Å². The van der Waals surface area contributed by atoms with Gasteiger partial charge in [0.1, 0.15) is 12.7 Å². The molecule has 0 spiro atoms. The Bertz CT molecular complexity index is 1350. The quantitative estimate of drug-likeness (QED) is 0.460. The van der Waals surface area contributed by atoms with Gasteiger partial charge in [-0.1, -0.05) is 11.2 Å². The van der Waals surface area contributed by atoms with E-state index in [1.54, 1.807) is 18.2 Å². The Balaban J connectivity index is 1.42. The number of fused-ring (bicyclic) bond motifs is 1. The summed E-state index contributed by atoms with van der Waals surface area (Å²) in [7, 11) is 1.84. The van der Waals surface area contributed by atoms with E-state index in [1.807, 2.05) is 18.0 Å². The zero-order chi connectivity index (χ0) is 26.3. The Labute approximate surface area is 209 Å². The molecule has 1 saturated heterocycles. The van der Waals surface area contributed by atoms with Crippen molar-refractivity contribution in [3.63, 3.8) is 0 Å². The molecule has 1 aliphatic heterocycles. The number of rotatable bonds is 7. The van der Waals surface area contributed by atoms with Crippen LogP contribution in [0.4, 0.5) is 23.2 Å². The van der Waals surface area contributed by atoms with Crippen LogP contribution in [0.3, 0.4) is 0 Å². The molecule has 2 aliphatic rings. The van der Waals surface area contributed by atoms with Crippen molar-refractivity contribution in [2.24, 2.45) is 11.8 Å². The molecule has 37 heavy (non-hydrogen) atoms. The molecule has 9 nitrogen and oxygen atoms in total. The van der Waals surface area contributed by atoms with E-state index in [4.69, 9.17) is 9.78 Å². The van der Waals surface area contributed by atoms with E-state index in [0.717, 1.165) is 4.57 Å². The van der Waals surface area contributed by atoms with Crippen molar-refractivity contribution in [1.29, 1.82) is 5.26 Å². The Morgan fingerprint density at radius 2 is 2.16 bits per heavy atom. The standard InChI is InChI=1S/C24H25F4N7O2/c1-34-6-5-18(16(25)11-34)31-17-3-2-4-19-15(17)8-20(35(19)12-24(26,27)28)22-32-21(37-33-22)10-30-23(36)14-7-13(14)9-29/h2-4,8,13-14,16,18,31H,5-7,10-12H2,1H3,(H,30,36)/t13-,14+,16+,18-/m1/s1. The van der Waals surface area contributed by atoms with Gasteiger partial charge in [0.15, 0.2) is 0 Å². The van der Waals surface area contributed by atoms with E-state index in [-0.39, 0.29) is 53.8 Å². The van der Waals surface area contributed by atoms with Gasteiger partial charge in [-0.3, -0.25) is 4.79 Å². The fraction of sp³-hybridized carbons (Fsp3) is 0.500. The number of hydrogen-bond acceptors (Lipinski definition) is 7. The highest BCUT2D eigenvalue weighted by atomic mass is 19.4. The van der Waals surface area contributed by atoms with E-state index in [1.165, 1.54) is 6.07 Å². The lowest BCUT2D eigenvalue weighted by atomic mass is 10.0. The molecule has 13 heteroatoms. The monoisotopic (exact) mass is 519 g/mol. The van der Waals surface area contributed by atoms with Gasteiger partial charge < -0.3 is 24.6 Å². The van der Waals surface area contributed by atoms with Crippen LogP contribution in [0, 0.1) is 23.2 Å². The van der Waals surface area contributed by atoms with Crippen LogP contribution in [0.15, 0.2) is 28.8 Å². The van der Waals surface area contributed by atoms with Gasteiger partial charge in [-0.05, 0) is 38.1 Å². The Kier molecular flexibility index (Phi) is 6.53. The topological polar surface area (TPSA) is 112 Å². The van der Waals surface area contributed by atoms with Gasteiger partial charge in [0.25, 0.3) is 0 Å². The minimum atomic E-state index is -4.52. The van der Waals surface area contributed by atoms with E-state index in [9.17, 15) is 22.4 Å². The number of anilines is 1. The van der Waals surface area contributed by atoms with E-state index in [2.05, 4.69) is 20.8 Å². The lowest BCUT2D eigenvalue weighted by molar-refractivity contribution is -0.139. The smallest absolute Gasteiger partial charge is 0.379 e. The molecule has 2 aromatic heterocycles. The summed E-state index contributed by atoms with van der Waals surface area (Å²) in [6, 6.07) is 7.97. The lowest BCUT2D eigenvalue weighted by Crippen LogP contribution is -2.46. The van der Waals surface area contributed by atoms with Crippen LogP contribution in [0.5, 0.6) is 0 Å². The number of amides is 1. The highest BCUT2D eigenvalue weighted by Gasteiger charge is 2.43. The highest BCUT2D eigenvalue weighted by molar-refractivity contribution is 5.96. The number of hydrogen-bond donors (Lipinski definition) is 2. The fourth-order valence-electron chi connectivity index (χ4n) is 4.72. The SMILES string of the molecule is CN1CC[C@@H](Nc2cccc3c2cc(-c2noc(CNC(=O)[C@H]4C[C@@H]4C#N)n2)n3CC(F)(F)F)[C@@H](F)C1. The van der Waals surface area contributed by atoms with E-state index >= 15 is 0 Å². The summed E-state index contributed by atoms with van der Waals surface area (Å²) in [5.74, 6) is -1.04. The first-order valence-corrected chi connectivity index (χ1v) is 11.9. The van der Waals surface area contributed by atoms with E-state index < -0.39 is 24.9 Å². The minimum Gasteiger partial charge on any atom is -0.379 e. The first-order chi connectivity index (χ1) is 17.6. The fourth-order valence-corrected chi connectivity index (χ4v) is 4.72. The van der Waals surface area contributed by atoms with Crippen molar-refractivity contribution < 1.29 is 26.9 Å². The number of alkyl halides is 4. The molecule has 3 aromatic rings. The highest BCUT2D eigenvalue weighted by Crippen LogP contribution is 2.38. The van der Waals surface area contributed by atoms with Crippen LogP contribution < -0.4 is 10.6 Å². The van der Waals surface area contributed by atoms with Crippen LogP contribution >= 0.6 is 0 Å². The second kappa shape index (κ2) is 9.66. The lowest BCUT2D eigenvalue weighted by Gasteiger charge is -2.33. The molecule has 1 aliphatic carbocycles. The second-order valence-electron chi connectivity index (χ2n) is 9.59. The number of piperidine rings is 1. The normalized spacial score (nSPS) is 24.1. The minimum absolute atomic E-state index is 0.0197. The maximum Gasteiger partial charge on any atom is 0.406 e. The van der Waals surface area contributed by atoms with Crippen molar-refractivity contribution >= 4 is 22.5 Å². The van der Waals surface area contributed by atoms with Crippen molar-refractivity contribution in [2.75, 3.05) is 25.5 Å². The van der Waals surface area contributed by atoms with Crippen molar-refractivity contribution in [2.45, 2.75) is 44.3 Å². The second-order valence-corrected chi connectivity index (χ2v) is 9.59. The van der Waals surface area contributed by atoms with Crippen LogP contribution in [0.25, 0.3) is 22.4 Å². The predicted molar refractivity (Wildman–Crippen MR) is 125 cm³/mol. The van der Waals surface area contributed by atoms with Crippen molar-refractivity contribution in [3.05, 3.63) is 30.2 Å². The molecule has 2 fully saturated rings. The molecule has 5 rings (SSSR count). The maximum atomic E-state index is 14.6. The molecule has 1 aromatic carbocycles. The molecule has 0 bridgehead atoms. The molecule has 0 radical (unpaired) electrons. The van der Waals surface area contributed by atoms with Gasteiger partial charge in [0.05, 0.1) is 41.7 Å². The first kappa shape index (κ1) is 25.0. The molecular formula is C24H25F4N7O2. The molecule has 4 atom stereocenters. The molecule has 3 heterocycles. The summed E-state index contributed by atoms with van der Waals surface area (Å²) in [6.07, 6.45) is -4.60. The zero-order valence-electron chi connectivity index (χ0n) is 19.9. The van der Waals surface area contributed by atoms with Gasteiger partial charge in [0, 0.05) is 24.2 Å². The zero-order valence-corrected chi connectivity index (χ0v) is 19.9. The molecule has 1 amide bonds. The molecular weight excluding hydrogens is 494 g/mol.